The topological polar surface area (TPSA) is 80.0 Å². The first kappa shape index (κ1) is 16.9. The van der Waals surface area contributed by atoms with Crippen molar-refractivity contribution in [3.8, 4) is 0 Å². The maximum absolute atomic E-state index is 11.9. The molecular formula is C10H15F3N4OS2. The number of halogens is 3. The zero-order valence-corrected chi connectivity index (χ0v) is 12.5. The second kappa shape index (κ2) is 7.02. The fourth-order valence-electron chi connectivity index (χ4n) is 1.21. The second-order valence-corrected chi connectivity index (χ2v) is 6.24. The van der Waals surface area contributed by atoms with E-state index in [1.807, 2.05) is 13.8 Å². The van der Waals surface area contributed by atoms with E-state index >= 15 is 0 Å². The number of carbonyl (C=O) groups is 1. The normalized spacial score (nSPS) is 11.7. The van der Waals surface area contributed by atoms with E-state index in [1.165, 1.54) is 0 Å². The van der Waals surface area contributed by atoms with Crippen molar-refractivity contribution in [1.82, 2.24) is 10.3 Å². The largest absolute Gasteiger partial charge is 0.441 e. The number of nitrogens with one attached hydrogen (secondary N) is 2. The van der Waals surface area contributed by atoms with Crippen LogP contribution in [0.4, 0.5) is 24.1 Å². The average Bonchev–Trinajstić information content (AvgIpc) is 2.63. The van der Waals surface area contributed by atoms with Crippen molar-refractivity contribution in [3.05, 3.63) is 4.88 Å². The predicted octanol–water partition coefficient (Wildman–Crippen LogP) is 2.53. The van der Waals surface area contributed by atoms with Crippen molar-refractivity contribution in [3.63, 3.8) is 0 Å². The number of thiazole rings is 1. The fraction of sp³-hybridized carbons (Fsp3) is 0.600. The van der Waals surface area contributed by atoms with Crippen LogP contribution in [-0.2, 0) is 0 Å². The number of hydrogen-bond donors (Lipinski definition) is 3. The summed E-state index contributed by atoms with van der Waals surface area (Å²) in [5.74, 6) is -0.691. The molecule has 0 aliphatic carbocycles. The summed E-state index contributed by atoms with van der Waals surface area (Å²) in [6.45, 7) is 3.73. The molecule has 0 aromatic carbocycles. The standard InChI is InChI=1S/C10H15F3N4OS2/c1-5(2)16-9-17-7(14)6(20-9)8(18)15-3-4-19-10(11,12)13/h5H,3-4,14H2,1-2H3,(H,15,18)(H,16,17). The van der Waals surface area contributed by atoms with Gasteiger partial charge in [-0.05, 0) is 25.6 Å². The highest BCUT2D eigenvalue weighted by molar-refractivity contribution is 8.00. The van der Waals surface area contributed by atoms with Gasteiger partial charge in [0.2, 0.25) is 0 Å². The third-order valence-electron chi connectivity index (χ3n) is 1.93. The van der Waals surface area contributed by atoms with E-state index in [0.717, 1.165) is 11.3 Å². The lowest BCUT2D eigenvalue weighted by atomic mass is 10.4. The molecule has 0 saturated heterocycles. The number of nitrogens with two attached hydrogens (primary N) is 1. The Morgan fingerprint density at radius 1 is 1.50 bits per heavy atom. The quantitative estimate of drug-likeness (QED) is 0.699. The Labute approximate surface area is 122 Å². The van der Waals surface area contributed by atoms with Crippen LogP contribution >= 0.6 is 23.1 Å². The molecule has 0 aliphatic heterocycles. The van der Waals surface area contributed by atoms with Crippen LogP contribution in [0.3, 0.4) is 0 Å². The zero-order valence-electron chi connectivity index (χ0n) is 10.9. The first-order valence-corrected chi connectivity index (χ1v) is 7.51. The molecule has 0 atom stereocenters. The average molecular weight is 328 g/mol. The number of thioether (sulfide) groups is 1. The van der Waals surface area contributed by atoms with Crippen molar-refractivity contribution >= 4 is 40.0 Å². The number of hydrogen-bond acceptors (Lipinski definition) is 6. The Balaban J connectivity index is 2.49. The van der Waals surface area contributed by atoms with Crippen LogP contribution < -0.4 is 16.4 Å². The van der Waals surface area contributed by atoms with Crippen molar-refractivity contribution < 1.29 is 18.0 Å². The van der Waals surface area contributed by atoms with E-state index in [1.54, 1.807) is 0 Å². The zero-order chi connectivity index (χ0) is 15.3. The van der Waals surface area contributed by atoms with Crippen LogP contribution in [0.5, 0.6) is 0 Å². The second-order valence-electron chi connectivity index (χ2n) is 4.08. The van der Waals surface area contributed by atoms with E-state index < -0.39 is 11.4 Å². The third-order valence-corrected chi connectivity index (χ3v) is 3.66. The Bertz CT molecular complexity index is 462. The van der Waals surface area contributed by atoms with Gasteiger partial charge in [0.1, 0.15) is 10.7 Å². The SMILES string of the molecule is CC(C)Nc1nc(N)c(C(=O)NCCSC(F)(F)F)s1. The molecule has 0 bridgehead atoms. The number of rotatable bonds is 6. The molecular weight excluding hydrogens is 313 g/mol. The van der Waals surface area contributed by atoms with Crippen LogP contribution in [0.2, 0.25) is 0 Å². The monoisotopic (exact) mass is 328 g/mol. The molecule has 1 amide bonds. The van der Waals surface area contributed by atoms with Crippen LogP contribution in [0.25, 0.3) is 0 Å². The minimum Gasteiger partial charge on any atom is -0.382 e. The summed E-state index contributed by atoms with van der Waals surface area (Å²) in [7, 11) is 0. The van der Waals surface area contributed by atoms with Crippen LogP contribution in [0.15, 0.2) is 0 Å². The first-order valence-electron chi connectivity index (χ1n) is 5.70. The minimum atomic E-state index is -4.29. The smallest absolute Gasteiger partial charge is 0.382 e. The number of nitrogens with zero attached hydrogens (tertiary/aromatic N) is 1. The Morgan fingerprint density at radius 2 is 2.15 bits per heavy atom. The van der Waals surface area contributed by atoms with Gasteiger partial charge in [0.25, 0.3) is 5.91 Å². The molecule has 10 heteroatoms. The Morgan fingerprint density at radius 3 is 2.70 bits per heavy atom. The molecule has 0 saturated carbocycles. The lowest BCUT2D eigenvalue weighted by Crippen LogP contribution is -2.26. The summed E-state index contributed by atoms with van der Waals surface area (Å²) >= 11 is 0.889. The molecule has 20 heavy (non-hydrogen) atoms. The molecule has 0 spiro atoms. The number of carbonyl (C=O) groups excluding carboxylic acids is 1. The van der Waals surface area contributed by atoms with Gasteiger partial charge >= 0.3 is 5.51 Å². The molecule has 0 radical (unpaired) electrons. The van der Waals surface area contributed by atoms with Crippen LogP contribution in [-0.4, -0.2) is 34.7 Å². The molecule has 0 aliphatic rings. The van der Waals surface area contributed by atoms with E-state index in [9.17, 15) is 18.0 Å². The van der Waals surface area contributed by atoms with Crippen molar-refractivity contribution in [1.29, 1.82) is 0 Å². The molecule has 1 rings (SSSR count). The summed E-state index contributed by atoms with van der Waals surface area (Å²) in [4.78, 5) is 15.9. The first-order chi connectivity index (χ1) is 9.19. The van der Waals surface area contributed by atoms with E-state index in [-0.39, 0.29) is 40.8 Å². The van der Waals surface area contributed by atoms with Gasteiger partial charge in [-0.1, -0.05) is 11.3 Å². The maximum atomic E-state index is 11.9. The molecule has 1 aromatic heterocycles. The molecule has 5 nitrogen and oxygen atoms in total. The third kappa shape index (κ3) is 5.87. The summed E-state index contributed by atoms with van der Waals surface area (Å²) in [5, 5.41) is 5.89. The van der Waals surface area contributed by atoms with Crippen LogP contribution in [0.1, 0.15) is 23.5 Å². The van der Waals surface area contributed by atoms with Gasteiger partial charge in [0.05, 0.1) is 0 Å². The van der Waals surface area contributed by atoms with E-state index in [0.29, 0.717) is 5.13 Å². The molecule has 1 aromatic rings. The van der Waals surface area contributed by atoms with Crippen molar-refractivity contribution in [2.24, 2.45) is 0 Å². The molecule has 114 valence electrons. The summed E-state index contributed by atoms with van der Waals surface area (Å²) in [5.41, 5.74) is 1.32. The van der Waals surface area contributed by atoms with Gasteiger partial charge in [-0.15, -0.1) is 0 Å². The highest BCUT2D eigenvalue weighted by Gasteiger charge is 2.27. The van der Waals surface area contributed by atoms with Crippen molar-refractivity contribution in [2.75, 3.05) is 23.3 Å². The summed E-state index contributed by atoms with van der Waals surface area (Å²) in [6, 6.07) is 0.139. The highest BCUT2D eigenvalue weighted by Crippen LogP contribution is 2.29. The molecule has 1 heterocycles. The van der Waals surface area contributed by atoms with Gasteiger partial charge in [-0.3, -0.25) is 4.79 Å². The molecule has 0 fully saturated rings. The highest BCUT2D eigenvalue weighted by atomic mass is 32.2. The lowest BCUT2D eigenvalue weighted by Gasteiger charge is -2.06. The summed E-state index contributed by atoms with van der Waals surface area (Å²) in [6.07, 6.45) is 0. The molecule has 4 N–H and O–H groups in total. The number of aromatic nitrogens is 1. The summed E-state index contributed by atoms with van der Waals surface area (Å²) < 4.78 is 35.7. The number of alkyl halides is 3. The van der Waals surface area contributed by atoms with Gasteiger partial charge in [-0.25, -0.2) is 4.98 Å². The minimum absolute atomic E-state index is 0.0686. The number of anilines is 2. The van der Waals surface area contributed by atoms with Gasteiger partial charge in [0, 0.05) is 18.3 Å². The fourth-order valence-corrected chi connectivity index (χ4v) is 2.60. The lowest BCUT2D eigenvalue weighted by molar-refractivity contribution is -0.0327. The van der Waals surface area contributed by atoms with Gasteiger partial charge < -0.3 is 16.4 Å². The maximum Gasteiger partial charge on any atom is 0.441 e. The number of amides is 1. The van der Waals surface area contributed by atoms with E-state index in [4.69, 9.17) is 5.73 Å². The van der Waals surface area contributed by atoms with Crippen molar-refractivity contribution in [2.45, 2.75) is 25.4 Å². The van der Waals surface area contributed by atoms with Gasteiger partial charge in [-0.2, -0.15) is 13.2 Å². The molecule has 0 unspecified atom stereocenters. The van der Waals surface area contributed by atoms with Gasteiger partial charge in [0.15, 0.2) is 5.13 Å². The van der Waals surface area contributed by atoms with Crippen LogP contribution in [0, 0.1) is 0 Å². The Kier molecular flexibility index (Phi) is 5.93. The number of nitrogen functional groups attached to an aromatic ring is 1. The Hall–Kier alpha value is -1.16. The van der Waals surface area contributed by atoms with E-state index in [2.05, 4.69) is 15.6 Å². The predicted molar refractivity (Wildman–Crippen MR) is 76.1 cm³/mol.